The highest BCUT2D eigenvalue weighted by molar-refractivity contribution is 5.90. The monoisotopic (exact) mass is 425 g/mol. The van der Waals surface area contributed by atoms with Crippen LogP contribution in [0.25, 0.3) is 11.1 Å². The summed E-state index contributed by atoms with van der Waals surface area (Å²) in [7, 11) is 0. The largest absolute Gasteiger partial charge is 0.442 e. The van der Waals surface area contributed by atoms with Crippen LogP contribution in [-0.2, 0) is 16.1 Å². The van der Waals surface area contributed by atoms with Crippen LogP contribution in [0, 0.1) is 17.1 Å². The second kappa shape index (κ2) is 10.5. The Labute approximate surface area is 180 Å². The lowest BCUT2D eigenvalue weighted by Crippen LogP contribution is -2.33. The van der Waals surface area contributed by atoms with E-state index >= 15 is 0 Å². The van der Waals surface area contributed by atoms with Crippen molar-refractivity contribution in [3.05, 3.63) is 53.8 Å². The van der Waals surface area contributed by atoms with Gasteiger partial charge in [-0.15, -0.1) is 0 Å². The van der Waals surface area contributed by atoms with E-state index in [9.17, 15) is 14.0 Å². The topological polar surface area (TPSA) is 106 Å². The van der Waals surface area contributed by atoms with Crippen molar-refractivity contribution in [2.75, 3.05) is 24.5 Å². The first-order chi connectivity index (χ1) is 15.0. The molecule has 1 fully saturated rings. The molecule has 2 aromatic carbocycles. The molecule has 2 aromatic rings. The van der Waals surface area contributed by atoms with Crippen LogP contribution in [-0.4, -0.2) is 37.7 Å². The molecule has 0 radical (unpaired) electrons. The molecular formula is C22H24FN5O3. The van der Waals surface area contributed by atoms with Gasteiger partial charge in [-0.1, -0.05) is 24.3 Å². The summed E-state index contributed by atoms with van der Waals surface area (Å²) in [6, 6.07) is 14.1. The molecule has 1 aliphatic rings. The number of halogens is 1. The van der Waals surface area contributed by atoms with Gasteiger partial charge in [-0.25, -0.2) is 9.18 Å². The summed E-state index contributed by atoms with van der Waals surface area (Å²) < 4.78 is 20.0. The van der Waals surface area contributed by atoms with E-state index in [0.717, 1.165) is 11.1 Å². The predicted octanol–water partition coefficient (Wildman–Crippen LogP) is 2.46. The Kier molecular flexibility index (Phi) is 7.54. The van der Waals surface area contributed by atoms with Crippen molar-refractivity contribution in [1.82, 2.24) is 16.2 Å². The van der Waals surface area contributed by atoms with Crippen molar-refractivity contribution in [1.29, 1.82) is 5.26 Å². The molecule has 3 N–H and O–H groups in total. The van der Waals surface area contributed by atoms with Crippen LogP contribution >= 0.6 is 0 Å². The number of hydrazine groups is 1. The lowest BCUT2D eigenvalue weighted by atomic mass is 10.0. The predicted molar refractivity (Wildman–Crippen MR) is 113 cm³/mol. The highest BCUT2D eigenvalue weighted by Gasteiger charge is 2.32. The van der Waals surface area contributed by atoms with E-state index in [1.54, 1.807) is 12.1 Å². The summed E-state index contributed by atoms with van der Waals surface area (Å²) in [5, 5.41) is 11.1. The van der Waals surface area contributed by atoms with Crippen LogP contribution in [0.5, 0.6) is 0 Å². The van der Waals surface area contributed by atoms with E-state index in [4.69, 9.17) is 10.00 Å². The maximum Gasteiger partial charge on any atom is 0.414 e. The van der Waals surface area contributed by atoms with Gasteiger partial charge in [-0.3, -0.25) is 20.5 Å². The Morgan fingerprint density at radius 1 is 1.26 bits per heavy atom. The third-order valence-electron chi connectivity index (χ3n) is 4.76. The molecule has 1 unspecified atom stereocenters. The summed E-state index contributed by atoms with van der Waals surface area (Å²) in [5.74, 6) is -0.651. The Hall–Kier alpha value is -3.48. The molecule has 9 heteroatoms. The number of nitrogens with zero attached hydrogens (tertiary/aromatic N) is 2. The fraction of sp³-hybridized carbons (Fsp3) is 0.318. The van der Waals surface area contributed by atoms with E-state index in [2.05, 4.69) is 22.2 Å². The van der Waals surface area contributed by atoms with E-state index < -0.39 is 18.0 Å². The molecule has 1 atom stereocenters. The number of nitrogens with one attached hydrogen (secondary N) is 3. The second-order valence-electron chi connectivity index (χ2n) is 7.10. The SMILES string of the molecule is CC(=O)NCC1CN(c2ccc(-c3ccc(CNNCCC#N)cc3)c(F)c2)C(=O)O1. The van der Waals surface area contributed by atoms with Crippen LogP contribution < -0.4 is 21.1 Å². The van der Waals surface area contributed by atoms with Crippen molar-refractivity contribution in [2.45, 2.75) is 26.0 Å². The van der Waals surface area contributed by atoms with Crippen molar-refractivity contribution >= 4 is 17.7 Å². The molecule has 1 aliphatic heterocycles. The minimum absolute atomic E-state index is 0.207. The first kappa shape index (κ1) is 22.2. The third kappa shape index (κ3) is 6.01. The van der Waals surface area contributed by atoms with Gasteiger partial charge in [0.1, 0.15) is 11.9 Å². The highest BCUT2D eigenvalue weighted by Crippen LogP contribution is 2.29. The Morgan fingerprint density at radius 3 is 2.71 bits per heavy atom. The maximum atomic E-state index is 14.8. The number of cyclic esters (lactones) is 1. The van der Waals surface area contributed by atoms with Gasteiger partial charge in [0, 0.05) is 32.0 Å². The van der Waals surface area contributed by atoms with Gasteiger partial charge in [-0.2, -0.15) is 5.26 Å². The molecule has 31 heavy (non-hydrogen) atoms. The lowest BCUT2D eigenvalue weighted by molar-refractivity contribution is -0.119. The Bertz CT molecular complexity index is 974. The number of hydrogen-bond donors (Lipinski definition) is 3. The van der Waals surface area contributed by atoms with Gasteiger partial charge >= 0.3 is 6.09 Å². The summed E-state index contributed by atoms with van der Waals surface area (Å²) in [5.41, 5.74) is 8.53. The fourth-order valence-corrected chi connectivity index (χ4v) is 3.18. The number of benzene rings is 2. The molecule has 1 heterocycles. The summed E-state index contributed by atoms with van der Waals surface area (Å²) in [6.45, 7) is 2.98. The molecule has 1 saturated heterocycles. The van der Waals surface area contributed by atoms with Crippen molar-refractivity contribution in [3.8, 4) is 17.2 Å². The minimum atomic E-state index is -0.567. The van der Waals surface area contributed by atoms with Crippen molar-refractivity contribution in [3.63, 3.8) is 0 Å². The average Bonchev–Trinajstić information content (AvgIpc) is 3.13. The smallest absolute Gasteiger partial charge is 0.414 e. The van der Waals surface area contributed by atoms with Gasteiger partial charge < -0.3 is 10.1 Å². The normalized spacial score (nSPS) is 15.5. The van der Waals surface area contributed by atoms with Gasteiger partial charge in [-0.05, 0) is 29.3 Å². The van der Waals surface area contributed by atoms with Crippen LogP contribution in [0.3, 0.4) is 0 Å². The zero-order valence-electron chi connectivity index (χ0n) is 17.2. The first-order valence-electron chi connectivity index (χ1n) is 9.92. The third-order valence-corrected chi connectivity index (χ3v) is 4.76. The fourth-order valence-electron chi connectivity index (χ4n) is 3.18. The molecule has 3 rings (SSSR count). The number of hydrogen-bond acceptors (Lipinski definition) is 6. The second-order valence-corrected chi connectivity index (χ2v) is 7.10. The number of carbonyl (C=O) groups is 2. The number of anilines is 1. The minimum Gasteiger partial charge on any atom is -0.442 e. The molecule has 2 amide bonds. The Morgan fingerprint density at radius 2 is 2.03 bits per heavy atom. The standard InChI is InChI=1S/C22H24FN5O3/c1-15(29)25-13-19-14-28(22(30)31-19)18-7-8-20(21(23)11-18)17-5-3-16(4-6-17)12-27-26-10-2-9-24/h3-8,11,19,26-27H,2,10,12-14H2,1H3,(H,25,29). The molecule has 0 aromatic heterocycles. The summed E-state index contributed by atoms with van der Waals surface area (Å²) in [6.07, 6.45) is -0.621. The van der Waals surface area contributed by atoms with E-state index in [1.165, 1.54) is 17.9 Å². The molecule has 0 spiro atoms. The van der Waals surface area contributed by atoms with Gasteiger partial charge in [0.15, 0.2) is 0 Å². The highest BCUT2D eigenvalue weighted by atomic mass is 19.1. The van der Waals surface area contributed by atoms with Crippen molar-refractivity contribution in [2.24, 2.45) is 0 Å². The number of rotatable bonds is 9. The Balaban J connectivity index is 1.62. The molecule has 0 aliphatic carbocycles. The van der Waals surface area contributed by atoms with Gasteiger partial charge in [0.2, 0.25) is 5.91 Å². The zero-order chi connectivity index (χ0) is 22.2. The zero-order valence-corrected chi connectivity index (χ0v) is 17.2. The summed E-state index contributed by atoms with van der Waals surface area (Å²) >= 11 is 0. The van der Waals surface area contributed by atoms with Gasteiger partial charge in [0.25, 0.3) is 0 Å². The molecule has 162 valence electrons. The number of ether oxygens (including phenoxy) is 1. The van der Waals surface area contributed by atoms with Crippen LogP contribution in [0.4, 0.5) is 14.9 Å². The average molecular weight is 425 g/mol. The number of carbonyl (C=O) groups excluding carboxylic acids is 2. The quantitative estimate of drug-likeness (QED) is 0.421. The number of nitriles is 1. The van der Waals surface area contributed by atoms with E-state index in [-0.39, 0.29) is 19.0 Å². The molecule has 8 nitrogen and oxygen atoms in total. The van der Waals surface area contributed by atoms with Crippen molar-refractivity contribution < 1.29 is 18.7 Å². The molecular weight excluding hydrogens is 401 g/mol. The van der Waals surface area contributed by atoms with Gasteiger partial charge in [0.05, 0.1) is 24.8 Å². The van der Waals surface area contributed by atoms with Crippen LogP contribution in [0.15, 0.2) is 42.5 Å². The van der Waals surface area contributed by atoms with Crippen LogP contribution in [0.2, 0.25) is 0 Å². The first-order valence-corrected chi connectivity index (χ1v) is 9.92. The summed E-state index contributed by atoms with van der Waals surface area (Å²) in [4.78, 5) is 24.5. The van der Waals surface area contributed by atoms with E-state index in [1.807, 2.05) is 24.3 Å². The lowest BCUT2D eigenvalue weighted by Gasteiger charge is -2.15. The van der Waals surface area contributed by atoms with Crippen LogP contribution in [0.1, 0.15) is 18.9 Å². The van der Waals surface area contributed by atoms with E-state index in [0.29, 0.717) is 30.8 Å². The maximum absolute atomic E-state index is 14.8. The number of amides is 2. The molecule has 0 bridgehead atoms. The molecule has 0 saturated carbocycles.